The highest BCUT2D eigenvalue weighted by atomic mass is 35.5. The Morgan fingerprint density at radius 2 is 1.15 bits per heavy atom. The van der Waals surface area contributed by atoms with Crippen molar-refractivity contribution in [2.24, 2.45) is 0 Å². The van der Waals surface area contributed by atoms with Gasteiger partial charge in [0.1, 0.15) is 0 Å². The summed E-state index contributed by atoms with van der Waals surface area (Å²) in [5.74, 6) is 0. The second-order valence-electron chi connectivity index (χ2n) is 6.55. The van der Waals surface area contributed by atoms with Crippen molar-refractivity contribution < 1.29 is 0 Å². The van der Waals surface area contributed by atoms with Gasteiger partial charge in [-0.05, 0) is 0 Å². The van der Waals surface area contributed by atoms with E-state index in [2.05, 4.69) is 39.3 Å². The fourth-order valence-corrected chi connectivity index (χ4v) is 20.5. The minimum Gasteiger partial charge on any atom is -0.131 e. The minimum absolute atomic E-state index is 0.574. The predicted molar refractivity (Wildman–Crippen MR) is 74.2 cm³/mol. The summed E-state index contributed by atoms with van der Waals surface area (Å²) in [6, 6.07) is 0. The van der Waals surface area contributed by atoms with Crippen LogP contribution in [0, 0.1) is 0 Å². The molecule has 0 aromatic heterocycles. The quantitative estimate of drug-likeness (QED) is 0.517. The molecule has 0 aromatic rings. The lowest BCUT2D eigenvalue weighted by Crippen LogP contribution is -2.37. The molecule has 0 N–H and O–H groups in total. The highest BCUT2D eigenvalue weighted by Crippen LogP contribution is 2.19. The van der Waals surface area contributed by atoms with E-state index in [4.69, 9.17) is 11.6 Å². The van der Waals surface area contributed by atoms with Crippen LogP contribution in [-0.2, 0) is 0 Å². The highest BCUT2D eigenvalue weighted by molar-refractivity contribution is 6.96. The number of halogens is 1. The second kappa shape index (κ2) is 5.14. The van der Waals surface area contributed by atoms with Gasteiger partial charge in [0.05, 0.1) is 0 Å². The molecule has 0 unspecified atom stereocenters. The fraction of sp³-hybridized carbons (Fsp3) is 1.00. The maximum atomic E-state index is 6.09. The molecule has 0 fully saturated rings. The molecule has 0 atom stereocenters. The number of alkyl halides is 1. The summed E-state index contributed by atoms with van der Waals surface area (Å²) in [7, 11) is -2.26. The topological polar surface area (TPSA) is 0 Å². The maximum absolute atomic E-state index is 6.09. The first kappa shape index (κ1) is 13.9. The van der Waals surface area contributed by atoms with E-state index in [0.717, 1.165) is 5.50 Å². The van der Waals surface area contributed by atoms with Crippen molar-refractivity contribution in [3.05, 3.63) is 0 Å². The highest BCUT2D eigenvalue weighted by Gasteiger charge is 2.26. The summed E-state index contributed by atoms with van der Waals surface area (Å²) >= 11 is 6.09. The van der Waals surface area contributed by atoms with Gasteiger partial charge in [0.25, 0.3) is 0 Å². The monoisotopic (exact) mass is 252 g/mol. The van der Waals surface area contributed by atoms with Crippen molar-refractivity contribution in [3.63, 3.8) is 0 Å². The summed E-state index contributed by atoms with van der Waals surface area (Å²) in [5.41, 5.74) is 4.09. The van der Waals surface area contributed by atoms with Gasteiger partial charge in [-0.2, -0.15) is 0 Å². The van der Waals surface area contributed by atoms with Crippen molar-refractivity contribution in [3.8, 4) is 0 Å². The fourth-order valence-electron chi connectivity index (χ4n) is 1.91. The molecule has 0 aromatic carbocycles. The molecule has 4 heteroatoms. The predicted octanol–water partition coefficient (Wildman–Crippen LogP) is 3.75. The lowest BCUT2D eigenvalue weighted by Gasteiger charge is -2.26. The van der Waals surface area contributed by atoms with Gasteiger partial charge in [0, 0.05) is 30.4 Å². The second-order valence-corrected chi connectivity index (χ2v) is 23.0. The lowest BCUT2D eigenvalue weighted by molar-refractivity contribution is 1.51. The summed E-state index contributed by atoms with van der Waals surface area (Å²) in [6.45, 7) is 14.9. The number of rotatable bonds is 5. The van der Waals surface area contributed by atoms with Crippen LogP contribution >= 0.6 is 11.6 Å². The van der Waals surface area contributed by atoms with E-state index in [1.807, 2.05) is 0 Å². The summed E-state index contributed by atoms with van der Waals surface area (Å²) in [5, 5.41) is 0. The molecule has 0 radical (unpaired) electrons. The van der Waals surface area contributed by atoms with Crippen LogP contribution in [0.5, 0.6) is 0 Å². The summed E-state index contributed by atoms with van der Waals surface area (Å²) < 4.78 is 0. The Bertz CT molecular complexity index is 130. The average molecular weight is 253 g/mol. The normalized spacial score (nSPS) is 13.8. The van der Waals surface area contributed by atoms with E-state index < -0.39 is 24.9 Å². The maximum Gasteiger partial charge on any atom is 0.0489 e. The van der Waals surface area contributed by atoms with Crippen LogP contribution in [0.3, 0.4) is 0 Å². The standard InChI is InChI=1S/C9H25ClSi3/c1-12(2,3)8-11(7-10)9-13(4,5)6/h11H,7-9H2,1-6H3. The van der Waals surface area contributed by atoms with Crippen LogP contribution in [0.1, 0.15) is 0 Å². The molecule has 0 heterocycles. The molecule has 13 heavy (non-hydrogen) atoms. The van der Waals surface area contributed by atoms with Gasteiger partial charge in [-0.1, -0.05) is 50.6 Å². The molecule has 0 nitrogen and oxygen atoms in total. The molecular weight excluding hydrogens is 228 g/mol. The van der Waals surface area contributed by atoms with Crippen LogP contribution in [0.2, 0.25) is 50.6 Å². The zero-order chi connectivity index (χ0) is 10.7. The Hall–Kier alpha value is 0.941. The van der Waals surface area contributed by atoms with Gasteiger partial charge in [0.15, 0.2) is 0 Å². The Balaban J connectivity index is 4.05. The summed E-state index contributed by atoms with van der Waals surface area (Å²) in [6.07, 6.45) is 0. The first-order chi connectivity index (χ1) is 5.64. The third kappa shape index (κ3) is 9.25. The molecule has 0 amide bonds. The van der Waals surface area contributed by atoms with Crippen molar-refractivity contribution >= 4 is 36.5 Å². The molecule has 0 aliphatic heterocycles. The van der Waals surface area contributed by atoms with Gasteiger partial charge in [-0.3, -0.25) is 0 Å². The van der Waals surface area contributed by atoms with Crippen LogP contribution in [-0.4, -0.2) is 30.4 Å². The van der Waals surface area contributed by atoms with E-state index in [-0.39, 0.29) is 0 Å². The van der Waals surface area contributed by atoms with Crippen LogP contribution < -0.4 is 0 Å². The SMILES string of the molecule is C[Si](C)(C)C[SiH](CCl)C[Si](C)(C)C. The summed E-state index contributed by atoms with van der Waals surface area (Å²) in [4.78, 5) is 0. The third-order valence-corrected chi connectivity index (χ3v) is 18.2. The zero-order valence-corrected chi connectivity index (χ0v) is 14.0. The molecule has 0 saturated carbocycles. The smallest absolute Gasteiger partial charge is 0.0489 e. The molecule has 0 aliphatic carbocycles. The Morgan fingerprint density at radius 1 is 0.846 bits per heavy atom. The van der Waals surface area contributed by atoms with Crippen LogP contribution in [0.25, 0.3) is 0 Å². The lowest BCUT2D eigenvalue weighted by atomic mass is 11.7. The van der Waals surface area contributed by atoms with E-state index in [1.54, 1.807) is 11.3 Å². The molecule has 0 rings (SSSR count). The van der Waals surface area contributed by atoms with Gasteiger partial charge in [0.2, 0.25) is 0 Å². The van der Waals surface area contributed by atoms with E-state index in [1.165, 1.54) is 0 Å². The zero-order valence-electron chi connectivity index (χ0n) is 10.1. The van der Waals surface area contributed by atoms with Crippen LogP contribution in [0.15, 0.2) is 0 Å². The average Bonchev–Trinajstić information content (AvgIpc) is 1.79. The van der Waals surface area contributed by atoms with Gasteiger partial charge >= 0.3 is 0 Å². The molecule has 0 saturated heterocycles. The van der Waals surface area contributed by atoms with Crippen molar-refractivity contribution in [1.29, 1.82) is 0 Å². The Morgan fingerprint density at radius 3 is 1.31 bits per heavy atom. The molecule has 0 spiro atoms. The van der Waals surface area contributed by atoms with Gasteiger partial charge < -0.3 is 0 Å². The van der Waals surface area contributed by atoms with E-state index in [9.17, 15) is 0 Å². The van der Waals surface area contributed by atoms with Crippen molar-refractivity contribution in [2.45, 2.75) is 50.6 Å². The van der Waals surface area contributed by atoms with Crippen molar-refractivity contribution in [2.75, 3.05) is 5.50 Å². The van der Waals surface area contributed by atoms with Gasteiger partial charge in [-0.15, -0.1) is 11.6 Å². The first-order valence-corrected chi connectivity index (χ1v) is 15.6. The molecule has 0 aliphatic rings. The van der Waals surface area contributed by atoms with Crippen LogP contribution in [0.4, 0.5) is 0 Å². The van der Waals surface area contributed by atoms with E-state index >= 15 is 0 Å². The molecular formula is C9H25ClSi3. The number of hydrogen-bond acceptors (Lipinski definition) is 0. The first-order valence-electron chi connectivity index (χ1n) is 5.20. The largest absolute Gasteiger partial charge is 0.131 e. The number of hydrogen-bond donors (Lipinski definition) is 0. The Kier molecular flexibility index (Phi) is 5.52. The Labute approximate surface area is 92.7 Å². The third-order valence-electron chi connectivity index (χ3n) is 2.02. The minimum atomic E-state index is -0.842. The van der Waals surface area contributed by atoms with Gasteiger partial charge in [-0.25, -0.2) is 0 Å². The van der Waals surface area contributed by atoms with Crippen molar-refractivity contribution in [1.82, 2.24) is 0 Å². The van der Waals surface area contributed by atoms with E-state index in [0.29, 0.717) is 0 Å². The molecule has 0 bridgehead atoms. The molecule has 80 valence electrons.